The lowest BCUT2D eigenvalue weighted by atomic mass is 9.51. The van der Waals surface area contributed by atoms with Gasteiger partial charge in [-0.3, -0.25) is 9.59 Å². The predicted octanol–water partition coefficient (Wildman–Crippen LogP) is 3.46. The van der Waals surface area contributed by atoms with Crippen LogP contribution in [0.15, 0.2) is 35.4 Å². The van der Waals surface area contributed by atoms with Crippen molar-refractivity contribution in [2.24, 2.45) is 11.8 Å². The molecule has 2 heterocycles. The number of fused-ring (bicyclic) bond motifs is 1. The van der Waals surface area contributed by atoms with Crippen molar-refractivity contribution in [3.63, 3.8) is 0 Å². The van der Waals surface area contributed by atoms with E-state index >= 15 is 0 Å². The Morgan fingerprint density at radius 2 is 1.97 bits per heavy atom. The first-order chi connectivity index (χ1) is 13.5. The van der Waals surface area contributed by atoms with Crippen molar-refractivity contribution in [1.29, 1.82) is 0 Å². The molecule has 2 fully saturated rings. The van der Waals surface area contributed by atoms with Gasteiger partial charge in [-0.25, -0.2) is 0 Å². The summed E-state index contributed by atoms with van der Waals surface area (Å²) in [6.07, 6.45) is 4.50. The zero-order valence-electron chi connectivity index (χ0n) is 16.9. The van der Waals surface area contributed by atoms with Crippen LogP contribution in [0.5, 0.6) is 17.2 Å². The molecule has 3 aliphatic carbocycles. The van der Waals surface area contributed by atoms with Crippen LogP contribution in [-0.4, -0.2) is 38.6 Å². The van der Waals surface area contributed by atoms with Crippen LogP contribution in [0.3, 0.4) is 0 Å². The van der Waals surface area contributed by atoms with Crippen molar-refractivity contribution in [3.8, 4) is 17.2 Å². The lowest BCUT2D eigenvalue weighted by Gasteiger charge is -2.56. The van der Waals surface area contributed by atoms with E-state index in [4.69, 9.17) is 9.47 Å². The number of aromatic hydroxyl groups is 2. The second-order valence-electron chi connectivity index (χ2n) is 9.36. The van der Waals surface area contributed by atoms with Crippen LogP contribution in [0, 0.1) is 11.8 Å². The van der Waals surface area contributed by atoms with E-state index < -0.39 is 22.7 Å². The Kier molecular flexibility index (Phi) is 3.37. The van der Waals surface area contributed by atoms with Crippen molar-refractivity contribution >= 4 is 11.6 Å². The first kappa shape index (κ1) is 18.4. The van der Waals surface area contributed by atoms with E-state index in [0.717, 1.165) is 11.6 Å². The second-order valence-corrected chi connectivity index (χ2v) is 9.36. The number of ether oxygens (including phenoxy) is 2. The molecule has 29 heavy (non-hydrogen) atoms. The SMILES string of the molecule is CC(C)=CC[C@@]12OC(C)(C)[C@@H]3C[C@H](C=C4C(=O)c5c(O)cc(O)cc5O[C@]431)C2=O. The summed E-state index contributed by atoms with van der Waals surface area (Å²) in [6.45, 7) is 7.77. The van der Waals surface area contributed by atoms with Crippen molar-refractivity contribution < 1.29 is 29.3 Å². The van der Waals surface area contributed by atoms with Crippen LogP contribution in [0.4, 0.5) is 0 Å². The Morgan fingerprint density at radius 1 is 1.24 bits per heavy atom. The Morgan fingerprint density at radius 3 is 2.66 bits per heavy atom. The third-order valence-electron chi connectivity index (χ3n) is 6.97. The molecule has 2 aliphatic heterocycles. The lowest BCUT2D eigenvalue weighted by Crippen LogP contribution is -2.72. The van der Waals surface area contributed by atoms with Gasteiger partial charge in [-0.05, 0) is 34.1 Å². The van der Waals surface area contributed by atoms with Crippen molar-refractivity contribution in [1.82, 2.24) is 0 Å². The number of rotatable bonds is 2. The van der Waals surface area contributed by atoms with Gasteiger partial charge >= 0.3 is 0 Å². The molecular formula is C23H24O6. The molecular weight excluding hydrogens is 372 g/mol. The molecule has 6 rings (SSSR count). The van der Waals surface area contributed by atoms with Gasteiger partial charge < -0.3 is 19.7 Å². The van der Waals surface area contributed by atoms with Gasteiger partial charge in [-0.2, -0.15) is 0 Å². The highest BCUT2D eigenvalue weighted by molar-refractivity contribution is 6.18. The van der Waals surface area contributed by atoms with Gasteiger partial charge in [0.2, 0.25) is 0 Å². The molecule has 4 atom stereocenters. The molecule has 0 unspecified atom stereocenters. The summed E-state index contributed by atoms with van der Waals surface area (Å²) in [7, 11) is 0. The highest BCUT2D eigenvalue weighted by atomic mass is 16.6. The maximum Gasteiger partial charge on any atom is 0.200 e. The van der Waals surface area contributed by atoms with Crippen LogP contribution < -0.4 is 4.74 Å². The maximum absolute atomic E-state index is 13.6. The molecule has 4 bridgehead atoms. The number of allylic oxidation sites excluding steroid dienone is 2. The van der Waals surface area contributed by atoms with E-state index in [1.165, 1.54) is 6.07 Å². The smallest absolute Gasteiger partial charge is 0.200 e. The largest absolute Gasteiger partial charge is 0.508 e. The fourth-order valence-corrected chi connectivity index (χ4v) is 5.88. The van der Waals surface area contributed by atoms with Crippen molar-refractivity contribution in [2.45, 2.75) is 57.3 Å². The first-order valence-corrected chi connectivity index (χ1v) is 9.93. The minimum atomic E-state index is -1.32. The topological polar surface area (TPSA) is 93.1 Å². The Hall–Kier alpha value is -2.60. The van der Waals surface area contributed by atoms with Gasteiger partial charge in [0.1, 0.15) is 22.8 Å². The van der Waals surface area contributed by atoms with Crippen LogP contribution in [0.1, 0.15) is 50.9 Å². The highest BCUT2D eigenvalue weighted by Gasteiger charge is 2.81. The second kappa shape index (κ2) is 5.30. The zero-order chi connectivity index (χ0) is 20.9. The summed E-state index contributed by atoms with van der Waals surface area (Å²) < 4.78 is 13.0. The quantitative estimate of drug-likeness (QED) is 0.744. The number of carbonyl (C=O) groups is 2. The van der Waals surface area contributed by atoms with E-state index in [0.29, 0.717) is 18.4 Å². The summed E-state index contributed by atoms with van der Waals surface area (Å²) in [6, 6.07) is 2.45. The van der Waals surface area contributed by atoms with E-state index in [1.54, 1.807) is 6.08 Å². The van der Waals surface area contributed by atoms with E-state index in [9.17, 15) is 19.8 Å². The molecule has 1 saturated carbocycles. The molecule has 5 aliphatic rings. The molecule has 0 aromatic heterocycles. The highest BCUT2D eigenvalue weighted by Crippen LogP contribution is 2.67. The van der Waals surface area contributed by atoms with Gasteiger partial charge in [0.25, 0.3) is 0 Å². The minimum absolute atomic E-state index is 0.0224. The summed E-state index contributed by atoms with van der Waals surface area (Å²) in [5.41, 5.74) is -1.83. The number of carbonyl (C=O) groups excluding carboxylic acids is 2. The molecule has 152 valence electrons. The Bertz CT molecular complexity index is 1040. The van der Waals surface area contributed by atoms with E-state index in [2.05, 4.69) is 0 Å². The van der Waals surface area contributed by atoms with Gasteiger partial charge in [-0.1, -0.05) is 17.7 Å². The fraction of sp³-hybridized carbons (Fsp3) is 0.478. The first-order valence-electron chi connectivity index (χ1n) is 9.93. The van der Waals surface area contributed by atoms with Crippen molar-refractivity contribution in [3.05, 3.63) is 41.0 Å². The van der Waals surface area contributed by atoms with Gasteiger partial charge in [0, 0.05) is 36.0 Å². The van der Waals surface area contributed by atoms with Crippen LogP contribution in [0.25, 0.3) is 0 Å². The van der Waals surface area contributed by atoms with Gasteiger partial charge in [0.15, 0.2) is 22.8 Å². The Balaban J connectivity index is 1.82. The number of benzene rings is 1. The number of Topliss-reactive ketones (excluding diaryl/α,β-unsaturated/α-hetero) is 2. The van der Waals surface area contributed by atoms with Gasteiger partial charge in [-0.15, -0.1) is 0 Å². The third kappa shape index (κ3) is 2.00. The molecule has 1 spiro atoms. The summed E-state index contributed by atoms with van der Waals surface area (Å²) in [5.74, 6) is -1.53. The summed E-state index contributed by atoms with van der Waals surface area (Å²) >= 11 is 0. The molecule has 0 amide bonds. The van der Waals surface area contributed by atoms with Crippen LogP contribution in [0.2, 0.25) is 0 Å². The molecule has 2 N–H and O–H groups in total. The summed E-state index contributed by atoms with van der Waals surface area (Å²) in [5, 5.41) is 20.3. The number of hydrogen-bond donors (Lipinski definition) is 2. The number of ketones is 2. The van der Waals surface area contributed by atoms with E-state index in [1.807, 2.05) is 33.8 Å². The Labute approximate surface area is 168 Å². The number of phenols is 2. The average Bonchev–Trinajstić information content (AvgIpc) is 2.77. The van der Waals surface area contributed by atoms with Crippen molar-refractivity contribution in [2.75, 3.05) is 0 Å². The molecule has 1 saturated heterocycles. The summed E-state index contributed by atoms with van der Waals surface area (Å²) in [4.78, 5) is 27.1. The monoisotopic (exact) mass is 396 g/mol. The standard InChI is InChI=1S/C23H24O6/c1-11(2)5-6-22-20(27)12-7-14-19(26)18-15(25)9-13(24)10-16(18)28-23(14,22)17(8-12)21(3,4)29-22/h5,7,9-10,12,17,24-25H,6,8H2,1-4H3/t12-,17-,22-,23+/m0/s1. The molecule has 6 nitrogen and oxygen atoms in total. The molecule has 0 radical (unpaired) electrons. The average molecular weight is 396 g/mol. The van der Waals surface area contributed by atoms with Crippen LogP contribution >= 0.6 is 0 Å². The normalized spacial score (nSPS) is 35.5. The van der Waals surface area contributed by atoms with E-state index in [-0.39, 0.29) is 40.3 Å². The minimum Gasteiger partial charge on any atom is -0.508 e. The molecule has 6 heteroatoms. The molecule has 1 aromatic rings. The number of phenolic OH excluding ortho intramolecular Hbond substituents is 2. The molecule has 1 aromatic carbocycles. The fourth-order valence-electron chi connectivity index (χ4n) is 5.88. The third-order valence-corrected chi connectivity index (χ3v) is 6.97. The van der Waals surface area contributed by atoms with Gasteiger partial charge in [0.05, 0.1) is 5.60 Å². The zero-order valence-corrected chi connectivity index (χ0v) is 16.9. The lowest BCUT2D eigenvalue weighted by molar-refractivity contribution is -0.171. The predicted molar refractivity (Wildman–Crippen MR) is 104 cm³/mol. The maximum atomic E-state index is 13.6. The van der Waals surface area contributed by atoms with Crippen LogP contribution in [-0.2, 0) is 9.53 Å². The number of hydrogen-bond acceptors (Lipinski definition) is 6.